The number of fused-ring (bicyclic) bond motifs is 4. The van der Waals surface area contributed by atoms with Gasteiger partial charge in [-0.3, -0.25) is 0 Å². The molecule has 1 aromatic rings. The molecule has 15 atom stereocenters. The Morgan fingerprint density at radius 1 is 1.05 bits per heavy atom. The maximum atomic E-state index is 14.2. The van der Waals surface area contributed by atoms with E-state index in [1.165, 1.54) is 0 Å². The van der Waals surface area contributed by atoms with E-state index in [0.29, 0.717) is 44.1 Å². The third-order valence-electron chi connectivity index (χ3n) is 17.4. The Hall–Kier alpha value is -2.88. The molecule has 10 nitrogen and oxygen atoms in total. The molecule has 1 aromatic carbocycles. The predicted octanol–water partition coefficient (Wildman–Crippen LogP) is 3.12. The van der Waals surface area contributed by atoms with Crippen LogP contribution in [0.3, 0.4) is 0 Å². The normalized spacial score (nSPS) is 48.1. The molecule has 0 radical (unpaired) electrons. The minimum Gasteiger partial charge on any atom is -0.454 e. The van der Waals surface area contributed by atoms with Crippen LogP contribution in [0, 0.1) is 69.5 Å². The number of carbonyl (C=O) groups is 2. The van der Waals surface area contributed by atoms with Crippen molar-refractivity contribution in [1.82, 2.24) is 5.32 Å². The molecule has 0 saturated heterocycles. The van der Waals surface area contributed by atoms with E-state index in [9.17, 15) is 40.2 Å². The molecule has 4 bridgehead atoms. The van der Waals surface area contributed by atoms with E-state index in [0.717, 1.165) is 29.4 Å². The Bertz CT molecular complexity index is 1930. The van der Waals surface area contributed by atoms with Gasteiger partial charge in [0.05, 0.1) is 35.9 Å². The summed E-state index contributed by atoms with van der Waals surface area (Å²) in [6.45, 7) is 3.69. The number of hydrogen-bond donors (Lipinski definition) is 7. The summed E-state index contributed by atoms with van der Waals surface area (Å²) in [6, 6.07) is 5.52. The molecule has 10 heteroatoms. The quantitative estimate of drug-likeness (QED) is 0.0945. The summed E-state index contributed by atoms with van der Waals surface area (Å²) in [7, 11) is 1.88. The molecule has 302 valence electrons. The molecule has 1 aliphatic heterocycles. The molecule has 1 heterocycles. The molecule has 56 heavy (non-hydrogen) atoms. The number of carbonyl (C=O) groups excluding carboxylic acids is 2. The second kappa shape index (κ2) is 13.1. The number of allylic oxidation sites excluding steroid dienone is 2. The second-order valence-electron chi connectivity index (χ2n) is 19.5. The highest BCUT2D eigenvalue weighted by Crippen LogP contribution is 2.82. The third-order valence-corrected chi connectivity index (χ3v) is 17.4. The molecule has 5 saturated carbocycles. The van der Waals surface area contributed by atoms with E-state index in [2.05, 4.69) is 31.0 Å². The number of aliphatic hydroxyl groups is 6. The maximum absolute atomic E-state index is 14.2. The van der Waals surface area contributed by atoms with E-state index >= 15 is 0 Å². The summed E-state index contributed by atoms with van der Waals surface area (Å²) in [5, 5.41) is 78.6. The first-order valence-electron chi connectivity index (χ1n) is 21.1. The SMILES string of the molecule is CNC1Cc2c(cccc2CO)C#CCCC23CC4C=CC5CC(O)CC6(O)C(CCC(C)C)CC(O)(C4C56C=O)C2(O)CC2CC1C1OC(=O)C=C1C23CO. The number of likely N-dealkylation sites (N-methyl/N-ethyl adjacent to an activating group) is 1. The van der Waals surface area contributed by atoms with E-state index < -0.39 is 74.9 Å². The average molecular weight is 770 g/mol. The van der Waals surface area contributed by atoms with Gasteiger partial charge in [0.2, 0.25) is 0 Å². The predicted molar refractivity (Wildman–Crippen MR) is 206 cm³/mol. The number of hydrogen-bond acceptors (Lipinski definition) is 10. The third kappa shape index (κ3) is 4.60. The fourth-order valence-electron chi connectivity index (χ4n) is 15.4. The maximum Gasteiger partial charge on any atom is 0.331 e. The van der Waals surface area contributed by atoms with Gasteiger partial charge in [-0.25, -0.2) is 4.79 Å². The van der Waals surface area contributed by atoms with Crippen LogP contribution >= 0.6 is 0 Å². The molecule has 1 spiro atoms. The number of benzene rings is 1. The van der Waals surface area contributed by atoms with Crippen molar-refractivity contribution in [3.8, 4) is 11.8 Å². The largest absolute Gasteiger partial charge is 0.454 e. The number of ether oxygens (including phenoxy) is 1. The van der Waals surface area contributed by atoms with Crippen LogP contribution in [0.2, 0.25) is 0 Å². The lowest BCUT2D eigenvalue weighted by molar-refractivity contribution is -0.356. The van der Waals surface area contributed by atoms with Gasteiger partial charge in [-0.2, -0.15) is 0 Å². The summed E-state index contributed by atoms with van der Waals surface area (Å²) in [5.74, 6) is 3.53. The summed E-state index contributed by atoms with van der Waals surface area (Å²) in [4.78, 5) is 27.6. The van der Waals surface area contributed by atoms with Crippen LogP contribution in [0.25, 0.3) is 0 Å². The van der Waals surface area contributed by atoms with Crippen molar-refractivity contribution in [1.29, 1.82) is 0 Å². The molecule has 0 amide bonds. The number of rotatable bonds is 7. The van der Waals surface area contributed by atoms with Crippen molar-refractivity contribution < 1.29 is 45.0 Å². The fraction of sp³-hybridized carbons (Fsp3) is 0.696. The lowest BCUT2D eigenvalue weighted by Crippen LogP contribution is -2.83. The first kappa shape index (κ1) is 38.6. The Morgan fingerprint density at radius 2 is 1.86 bits per heavy atom. The Kier molecular flexibility index (Phi) is 9.01. The van der Waals surface area contributed by atoms with Gasteiger partial charge < -0.3 is 45.5 Å². The molecule has 7 N–H and O–H groups in total. The summed E-state index contributed by atoms with van der Waals surface area (Å²) in [5.41, 5.74) is -5.97. The van der Waals surface area contributed by atoms with E-state index in [-0.39, 0.29) is 62.7 Å². The molecular formula is C46H59NO9. The minimum absolute atomic E-state index is 0.0288. The molecule has 15 unspecified atom stereocenters. The molecular weight excluding hydrogens is 711 g/mol. The minimum atomic E-state index is -1.87. The Labute approximate surface area is 329 Å². The van der Waals surface area contributed by atoms with Gasteiger partial charge in [0.15, 0.2) is 0 Å². The number of nitrogens with one attached hydrogen (secondary N) is 1. The molecule has 10 rings (SSSR count). The number of esters is 1. The monoisotopic (exact) mass is 769 g/mol. The average Bonchev–Trinajstić information content (AvgIpc) is 3.66. The van der Waals surface area contributed by atoms with Gasteiger partial charge in [0.1, 0.15) is 18.0 Å². The van der Waals surface area contributed by atoms with Crippen LogP contribution in [-0.4, -0.2) is 91.6 Å². The first-order valence-corrected chi connectivity index (χ1v) is 21.1. The smallest absolute Gasteiger partial charge is 0.331 e. The van der Waals surface area contributed by atoms with Crippen molar-refractivity contribution in [3.05, 3.63) is 58.7 Å². The fourth-order valence-corrected chi connectivity index (χ4v) is 15.4. The number of aliphatic hydroxyl groups excluding tert-OH is 3. The lowest BCUT2D eigenvalue weighted by atomic mass is 9.31. The highest BCUT2D eigenvalue weighted by Gasteiger charge is 2.87. The molecule has 8 aliphatic carbocycles. The van der Waals surface area contributed by atoms with Gasteiger partial charge in [-0.05, 0) is 111 Å². The van der Waals surface area contributed by atoms with Crippen molar-refractivity contribution >= 4 is 12.3 Å². The molecule has 5 fully saturated rings. The Balaban J connectivity index is 1.30. The van der Waals surface area contributed by atoms with Crippen LogP contribution in [0.1, 0.15) is 94.7 Å². The van der Waals surface area contributed by atoms with E-state index in [1.54, 1.807) is 6.08 Å². The van der Waals surface area contributed by atoms with Crippen LogP contribution < -0.4 is 5.32 Å². The van der Waals surface area contributed by atoms with E-state index in [1.807, 2.05) is 37.4 Å². The zero-order valence-electron chi connectivity index (χ0n) is 32.9. The zero-order valence-corrected chi connectivity index (χ0v) is 32.9. The first-order chi connectivity index (χ1) is 26.7. The number of aldehydes is 1. The zero-order chi connectivity index (χ0) is 39.6. The van der Waals surface area contributed by atoms with Crippen LogP contribution in [0.5, 0.6) is 0 Å². The van der Waals surface area contributed by atoms with E-state index in [4.69, 9.17) is 4.74 Å². The standard InChI is InChI=1S/C46H59NO9/c1-26(2)10-12-31-20-45(54)40-28(11-13-30-15-33(51)22-44(31,53)43(30,40)25-50)19-41-14-5-4-7-27-8-6-9-29(23-48)34(27)17-37(47-3)35-16-32(21-46(41,45)55)42(41,24-49)36-18-38(52)56-39(35)36/h6,8-9,11,13,18,25-26,28,30-33,35,37,39-40,47-49,51,53-55H,5,10,12,14-17,19-24H2,1-3H3. The van der Waals surface area contributed by atoms with Crippen molar-refractivity contribution in [3.63, 3.8) is 0 Å². The lowest BCUT2D eigenvalue weighted by Gasteiger charge is -2.75. The van der Waals surface area contributed by atoms with Crippen LogP contribution in [-0.2, 0) is 27.4 Å². The van der Waals surface area contributed by atoms with Gasteiger partial charge in [-0.15, -0.1) is 0 Å². The molecule has 0 aromatic heterocycles. The van der Waals surface area contributed by atoms with Gasteiger partial charge in [0.25, 0.3) is 0 Å². The van der Waals surface area contributed by atoms with Crippen LogP contribution in [0.4, 0.5) is 0 Å². The van der Waals surface area contributed by atoms with Crippen molar-refractivity contribution in [2.45, 2.75) is 126 Å². The van der Waals surface area contributed by atoms with Gasteiger partial charge >= 0.3 is 5.97 Å². The van der Waals surface area contributed by atoms with Gasteiger partial charge in [0, 0.05) is 53.2 Å². The summed E-state index contributed by atoms with van der Waals surface area (Å²) >= 11 is 0. The van der Waals surface area contributed by atoms with Crippen molar-refractivity contribution in [2.24, 2.45) is 57.7 Å². The summed E-state index contributed by atoms with van der Waals surface area (Å²) in [6.07, 6.45) is 8.54. The van der Waals surface area contributed by atoms with Crippen LogP contribution in [0.15, 0.2) is 42.0 Å². The highest BCUT2D eigenvalue weighted by molar-refractivity contribution is 5.87. The van der Waals surface area contributed by atoms with Crippen molar-refractivity contribution in [2.75, 3.05) is 13.7 Å². The second-order valence-corrected chi connectivity index (χ2v) is 19.5. The van der Waals surface area contributed by atoms with Gasteiger partial charge in [-0.1, -0.05) is 56.4 Å². The molecule has 9 aliphatic rings. The summed E-state index contributed by atoms with van der Waals surface area (Å²) < 4.78 is 6.24. The Morgan fingerprint density at radius 3 is 2.57 bits per heavy atom. The highest BCUT2D eigenvalue weighted by atomic mass is 16.5. The topological polar surface area (TPSA) is 177 Å².